The van der Waals surface area contributed by atoms with Crippen molar-refractivity contribution < 1.29 is 8.42 Å². The van der Waals surface area contributed by atoms with Gasteiger partial charge in [-0.05, 0) is 31.0 Å². The maximum Gasteiger partial charge on any atom is 0.244 e. The van der Waals surface area contributed by atoms with Crippen LogP contribution >= 0.6 is 39.9 Å². The lowest BCUT2D eigenvalue weighted by Crippen LogP contribution is -2.47. The zero-order chi connectivity index (χ0) is 14.0. The normalized spacial score (nSPS) is 20.4. The SMILES string of the molecule is Cl.NCC1CCCCN1S(=O)(=O)c1cc(Br)ccc1Cl. The maximum absolute atomic E-state index is 12.7. The molecule has 1 aromatic rings. The molecular formula is C12H17BrCl2N2O2S. The quantitative estimate of drug-likeness (QED) is 0.843. The highest BCUT2D eigenvalue weighted by atomic mass is 79.9. The molecule has 0 spiro atoms. The fourth-order valence-corrected chi connectivity index (χ4v) is 5.05. The number of sulfonamides is 1. The van der Waals surface area contributed by atoms with E-state index in [-0.39, 0.29) is 28.4 Å². The number of nitrogens with two attached hydrogens (primary N) is 1. The molecule has 1 fully saturated rings. The first-order chi connectivity index (χ1) is 8.96. The lowest BCUT2D eigenvalue weighted by molar-refractivity contribution is 0.257. The first kappa shape index (κ1) is 18.2. The number of hydrogen-bond donors (Lipinski definition) is 1. The molecule has 0 bridgehead atoms. The number of piperidine rings is 1. The molecule has 0 radical (unpaired) electrons. The molecular weight excluding hydrogens is 387 g/mol. The van der Waals surface area contributed by atoms with Gasteiger partial charge < -0.3 is 5.73 Å². The predicted molar refractivity (Wildman–Crippen MR) is 87.0 cm³/mol. The van der Waals surface area contributed by atoms with Gasteiger partial charge in [0, 0.05) is 23.6 Å². The van der Waals surface area contributed by atoms with E-state index in [0.29, 0.717) is 17.6 Å². The van der Waals surface area contributed by atoms with Crippen LogP contribution in [0.15, 0.2) is 27.6 Å². The Kier molecular flexibility index (Phi) is 6.76. The molecule has 2 rings (SSSR count). The summed E-state index contributed by atoms with van der Waals surface area (Å²) < 4.78 is 27.6. The van der Waals surface area contributed by atoms with E-state index >= 15 is 0 Å². The van der Waals surface area contributed by atoms with Crippen LogP contribution in [0, 0.1) is 0 Å². The first-order valence-electron chi connectivity index (χ1n) is 6.14. The van der Waals surface area contributed by atoms with Crippen LogP contribution < -0.4 is 5.73 Å². The third-order valence-electron chi connectivity index (χ3n) is 3.33. The summed E-state index contributed by atoms with van der Waals surface area (Å²) in [6.07, 6.45) is 2.68. The van der Waals surface area contributed by atoms with Crippen molar-refractivity contribution in [2.45, 2.75) is 30.2 Å². The van der Waals surface area contributed by atoms with Crippen molar-refractivity contribution in [3.8, 4) is 0 Å². The van der Waals surface area contributed by atoms with E-state index in [1.807, 2.05) is 0 Å². The lowest BCUT2D eigenvalue weighted by atomic mass is 10.1. The minimum absolute atomic E-state index is 0. The van der Waals surface area contributed by atoms with E-state index in [1.165, 1.54) is 4.31 Å². The number of halogens is 3. The van der Waals surface area contributed by atoms with Gasteiger partial charge >= 0.3 is 0 Å². The van der Waals surface area contributed by atoms with Crippen LogP contribution in [0.4, 0.5) is 0 Å². The lowest BCUT2D eigenvalue weighted by Gasteiger charge is -2.34. The van der Waals surface area contributed by atoms with Gasteiger partial charge in [-0.25, -0.2) is 8.42 Å². The average molecular weight is 404 g/mol. The molecule has 2 N–H and O–H groups in total. The smallest absolute Gasteiger partial charge is 0.244 e. The standard InChI is InChI=1S/C12H16BrClN2O2S.ClH/c13-9-4-5-11(14)12(7-9)19(17,18)16-6-2-1-3-10(16)8-15;/h4-5,7,10H,1-3,6,8,15H2;1H. The number of rotatable bonds is 3. The van der Waals surface area contributed by atoms with Crippen molar-refractivity contribution in [3.05, 3.63) is 27.7 Å². The second-order valence-electron chi connectivity index (χ2n) is 4.58. The second-order valence-corrected chi connectivity index (χ2v) is 7.76. The van der Waals surface area contributed by atoms with Gasteiger partial charge in [-0.15, -0.1) is 12.4 Å². The zero-order valence-electron chi connectivity index (χ0n) is 10.8. The van der Waals surface area contributed by atoms with Gasteiger partial charge in [0.05, 0.1) is 5.02 Å². The highest BCUT2D eigenvalue weighted by molar-refractivity contribution is 9.10. The van der Waals surface area contributed by atoms with Crippen LogP contribution in [-0.4, -0.2) is 31.9 Å². The zero-order valence-corrected chi connectivity index (χ0v) is 14.7. The molecule has 20 heavy (non-hydrogen) atoms. The molecule has 0 amide bonds. The molecule has 8 heteroatoms. The number of nitrogens with zero attached hydrogens (tertiary/aromatic N) is 1. The highest BCUT2D eigenvalue weighted by Crippen LogP contribution is 2.31. The first-order valence-corrected chi connectivity index (χ1v) is 8.75. The Hall–Kier alpha value is 0.150. The average Bonchev–Trinajstić information content (AvgIpc) is 2.41. The molecule has 1 heterocycles. The molecule has 0 aromatic heterocycles. The minimum atomic E-state index is -3.59. The third-order valence-corrected chi connectivity index (χ3v) is 6.25. The fourth-order valence-electron chi connectivity index (χ4n) is 2.33. The van der Waals surface area contributed by atoms with E-state index in [4.69, 9.17) is 17.3 Å². The van der Waals surface area contributed by atoms with Crippen LogP contribution in [0.2, 0.25) is 5.02 Å². The Morgan fingerprint density at radius 2 is 2.10 bits per heavy atom. The van der Waals surface area contributed by atoms with Gasteiger partial charge in [0.2, 0.25) is 10.0 Å². The maximum atomic E-state index is 12.7. The molecule has 1 saturated heterocycles. The van der Waals surface area contributed by atoms with Crippen LogP contribution in [0.1, 0.15) is 19.3 Å². The van der Waals surface area contributed by atoms with Crippen LogP contribution in [0.25, 0.3) is 0 Å². The van der Waals surface area contributed by atoms with Crippen molar-refractivity contribution >= 4 is 50.0 Å². The predicted octanol–water partition coefficient (Wildman–Crippen LogP) is 3.03. The number of hydrogen-bond acceptors (Lipinski definition) is 3. The van der Waals surface area contributed by atoms with Crippen molar-refractivity contribution in [1.82, 2.24) is 4.31 Å². The minimum Gasteiger partial charge on any atom is -0.329 e. The van der Waals surface area contributed by atoms with Gasteiger partial charge in [0.15, 0.2) is 0 Å². The van der Waals surface area contributed by atoms with Crippen LogP contribution in [-0.2, 0) is 10.0 Å². The van der Waals surface area contributed by atoms with Crippen molar-refractivity contribution in [1.29, 1.82) is 0 Å². The van der Waals surface area contributed by atoms with Crippen molar-refractivity contribution in [2.75, 3.05) is 13.1 Å². The number of benzene rings is 1. The second kappa shape index (κ2) is 7.42. The van der Waals surface area contributed by atoms with E-state index < -0.39 is 10.0 Å². The van der Waals surface area contributed by atoms with Gasteiger partial charge in [-0.3, -0.25) is 0 Å². The molecule has 1 aliphatic rings. The molecule has 0 saturated carbocycles. The Balaban J connectivity index is 0.00000200. The van der Waals surface area contributed by atoms with Crippen molar-refractivity contribution in [2.24, 2.45) is 5.73 Å². The summed E-state index contributed by atoms with van der Waals surface area (Å²) in [5.74, 6) is 0. The topological polar surface area (TPSA) is 63.4 Å². The summed E-state index contributed by atoms with van der Waals surface area (Å²) in [4.78, 5) is 0.142. The Bertz CT molecular complexity index is 569. The van der Waals surface area contributed by atoms with Gasteiger partial charge in [0.25, 0.3) is 0 Å². The summed E-state index contributed by atoms with van der Waals surface area (Å²) in [6.45, 7) is 0.845. The molecule has 114 valence electrons. The summed E-state index contributed by atoms with van der Waals surface area (Å²) in [7, 11) is -3.59. The van der Waals surface area contributed by atoms with Gasteiger partial charge in [-0.1, -0.05) is 34.0 Å². The largest absolute Gasteiger partial charge is 0.329 e. The van der Waals surface area contributed by atoms with Gasteiger partial charge in [-0.2, -0.15) is 4.31 Å². The molecule has 4 nitrogen and oxygen atoms in total. The Labute approximate surface area is 139 Å². The summed E-state index contributed by atoms with van der Waals surface area (Å²) in [5.41, 5.74) is 5.69. The summed E-state index contributed by atoms with van der Waals surface area (Å²) >= 11 is 9.31. The summed E-state index contributed by atoms with van der Waals surface area (Å²) in [6, 6.07) is 4.71. The third kappa shape index (κ3) is 3.67. The monoisotopic (exact) mass is 402 g/mol. The molecule has 0 aliphatic carbocycles. The summed E-state index contributed by atoms with van der Waals surface area (Å²) in [5, 5.41) is 0.240. The van der Waals surface area contributed by atoms with E-state index in [0.717, 1.165) is 19.3 Å². The van der Waals surface area contributed by atoms with Gasteiger partial charge in [0.1, 0.15) is 4.90 Å². The molecule has 1 unspecified atom stereocenters. The van der Waals surface area contributed by atoms with Crippen LogP contribution in [0.3, 0.4) is 0 Å². The van der Waals surface area contributed by atoms with Crippen molar-refractivity contribution in [3.63, 3.8) is 0 Å². The van der Waals surface area contributed by atoms with E-state index in [1.54, 1.807) is 18.2 Å². The van der Waals surface area contributed by atoms with Crippen LogP contribution in [0.5, 0.6) is 0 Å². The van der Waals surface area contributed by atoms with E-state index in [9.17, 15) is 8.42 Å². The molecule has 1 aromatic carbocycles. The Morgan fingerprint density at radius 3 is 2.75 bits per heavy atom. The Morgan fingerprint density at radius 1 is 1.40 bits per heavy atom. The highest BCUT2D eigenvalue weighted by Gasteiger charge is 2.33. The molecule has 1 atom stereocenters. The fraction of sp³-hybridized carbons (Fsp3) is 0.500. The molecule has 1 aliphatic heterocycles. The van der Waals surface area contributed by atoms with E-state index in [2.05, 4.69) is 15.9 Å².